The standard InChI is InChI=1S/C22H38O6/c1-3-18-20(27-18)16-21-19(28-21)12-8-11-17(26-15-9-14-23)10-6-4-5-7-13-22(24)25-2/h8,11,17-21,23H,3-7,9-10,12-16H2,1-2H3/b11-8-. The number of hydrogen-bond acceptors (Lipinski definition) is 6. The number of unbranched alkanes of at least 4 members (excludes halogenated alkanes) is 3. The van der Waals surface area contributed by atoms with Crippen LogP contribution in [-0.4, -0.2) is 61.9 Å². The maximum absolute atomic E-state index is 11.1. The van der Waals surface area contributed by atoms with Crippen LogP contribution in [0.4, 0.5) is 0 Å². The first-order valence-corrected chi connectivity index (χ1v) is 10.9. The molecule has 0 bridgehead atoms. The Hall–Kier alpha value is -0.950. The van der Waals surface area contributed by atoms with Crippen LogP contribution < -0.4 is 0 Å². The normalized spacial score (nSPS) is 27.1. The molecule has 2 rings (SSSR count). The average Bonchev–Trinajstić information content (AvgIpc) is 3.62. The summed E-state index contributed by atoms with van der Waals surface area (Å²) in [5.41, 5.74) is 0. The minimum atomic E-state index is -0.132. The molecule has 2 aliphatic rings. The number of aliphatic hydroxyl groups is 1. The zero-order valence-electron chi connectivity index (χ0n) is 17.5. The van der Waals surface area contributed by atoms with Crippen LogP contribution >= 0.6 is 0 Å². The van der Waals surface area contributed by atoms with Gasteiger partial charge in [-0.05, 0) is 32.1 Å². The second-order valence-corrected chi connectivity index (χ2v) is 7.75. The Morgan fingerprint density at radius 1 is 1.07 bits per heavy atom. The third-order valence-corrected chi connectivity index (χ3v) is 5.44. The van der Waals surface area contributed by atoms with E-state index in [-0.39, 0.29) is 18.7 Å². The van der Waals surface area contributed by atoms with Gasteiger partial charge in [-0.15, -0.1) is 0 Å². The fourth-order valence-electron chi connectivity index (χ4n) is 3.54. The van der Waals surface area contributed by atoms with Crippen LogP contribution in [0.5, 0.6) is 0 Å². The molecule has 1 N–H and O–H groups in total. The van der Waals surface area contributed by atoms with Gasteiger partial charge in [-0.2, -0.15) is 0 Å². The van der Waals surface area contributed by atoms with Gasteiger partial charge in [0.1, 0.15) is 0 Å². The minimum Gasteiger partial charge on any atom is -0.469 e. The number of epoxide rings is 2. The topological polar surface area (TPSA) is 80.8 Å². The smallest absolute Gasteiger partial charge is 0.305 e. The first-order chi connectivity index (χ1) is 13.7. The highest BCUT2D eigenvalue weighted by Crippen LogP contribution is 2.37. The SMILES string of the molecule is CCC1OC1CC1OC1C/C=C\C(CCCCCCC(=O)OC)OCCCO. The largest absolute Gasteiger partial charge is 0.469 e. The number of carbonyl (C=O) groups is 1. The lowest BCUT2D eigenvalue weighted by Crippen LogP contribution is -2.12. The maximum atomic E-state index is 11.1. The molecule has 0 radical (unpaired) electrons. The van der Waals surface area contributed by atoms with E-state index in [1.54, 1.807) is 0 Å². The highest BCUT2D eigenvalue weighted by atomic mass is 16.6. The van der Waals surface area contributed by atoms with Gasteiger partial charge in [-0.1, -0.05) is 38.3 Å². The zero-order valence-corrected chi connectivity index (χ0v) is 17.5. The molecule has 2 fully saturated rings. The summed E-state index contributed by atoms with van der Waals surface area (Å²) in [5, 5.41) is 8.95. The molecule has 2 saturated heterocycles. The fraction of sp³-hybridized carbons (Fsp3) is 0.864. The van der Waals surface area contributed by atoms with Crippen molar-refractivity contribution in [1.29, 1.82) is 0 Å². The summed E-state index contributed by atoms with van der Waals surface area (Å²) < 4.78 is 21.9. The van der Waals surface area contributed by atoms with Crippen LogP contribution in [0.15, 0.2) is 12.2 Å². The van der Waals surface area contributed by atoms with Gasteiger partial charge in [0.2, 0.25) is 0 Å². The van der Waals surface area contributed by atoms with E-state index in [1.165, 1.54) is 7.11 Å². The molecule has 0 aliphatic carbocycles. The molecule has 6 heteroatoms. The van der Waals surface area contributed by atoms with Crippen LogP contribution in [0.1, 0.15) is 71.1 Å². The fourth-order valence-corrected chi connectivity index (χ4v) is 3.54. The Kier molecular flexibility index (Phi) is 11.1. The first-order valence-electron chi connectivity index (χ1n) is 10.9. The van der Waals surface area contributed by atoms with E-state index in [4.69, 9.17) is 19.3 Å². The van der Waals surface area contributed by atoms with E-state index in [0.717, 1.165) is 51.4 Å². The summed E-state index contributed by atoms with van der Waals surface area (Å²) in [4.78, 5) is 11.1. The van der Waals surface area contributed by atoms with Gasteiger partial charge in [0.05, 0.1) is 37.6 Å². The Balaban J connectivity index is 1.57. The third-order valence-electron chi connectivity index (χ3n) is 5.44. The maximum Gasteiger partial charge on any atom is 0.305 e. The average molecular weight is 399 g/mol. The van der Waals surface area contributed by atoms with Crippen LogP contribution in [0.2, 0.25) is 0 Å². The van der Waals surface area contributed by atoms with Crippen molar-refractivity contribution in [2.24, 2.45) is 0 Å². The predicted octanol–water partition coefficient (Wildman–Crippen LogP) is 3.55. The summed E-state index contributed by atoms with van der Waals surface area (Å²) >= 11 is 0. The Morgan fingerprint density at radius 2 is 1.82 bits per heavy atom. The molecule has 5 unspecified atom stereocenters. The van der Waals surface area contributed by atoms with Crippen molar-refractivity contribution in [2.75, 3.05) is 20.3 Å². The Morgan fingerprint density at radius 3 is 2.54 bits per heavy atom. The summed E-state index contributed by atoms with van der Waals surface area (Å²) in [6.45, 7) is 2.89. The minimum absolute atomic E-state index is 0.0839. The number of esters is 1. The highest BCUT2D eigenvalue weighted by Gasteiger charge is 2.46. The van der Waals surface area contributed by atoms with Gasteiger partial charge < -0.3 is 24.1 Å². The molecule has 2 aliphatic heterocycles. The quantitative estimate of drug-likeness (QED) is 0.175. The van der Waals surface area contributed by atoms with E-state index in [9.17, 15) is 4.79 Å². The first kappa shape index (κ1) is 23.3. The van der Waals surface area contributed by atoms with Crippen molar-refractivity contribution >= 4 is 5.97 Å². The third kappa shape index (κ3) is 9.50. The van der Waals surface area contributed by atoms with Crippen molar-refractivity contribution in [3.63, 3.8) is 0 Å². The number of carbonyl (C=O) groups excluding carboxylic acids is 1. The van der Waals surface area contributed by atoms with Crippen LogP contribution in [0.25, 0.3) is 0 Å². The summed E-state index contributed by atoms with van der Waals surface area (Å²) in [5.74, 6) is -0.132. The van der Waals surface area contributed by atoms with E-state index in [1.807, 2.05) is 0 Å². The molecule has 0 aromatic carbocycles. The molecular formula is C22H38O6. The predicted molar refractivity (Wildman–Crippen MR) is 107 cm³/mol. The van der Waals surface area contributed by atoms with Gasteiger partial charge in [-0.3, -0.25) is 4.79 Å². The van der Waals surface area contributed by atoms with Crippen molar-refractivity contribution in [3.8, 4) is 0 Å². The van der Waals surface area contributed by atoms with E-state index in [2.05, 4.69) is 23.8 Å². The molecule has 0 saturated carbocycles. The number of methoxy groups -OCH3 is 1. The Labute approximate surface area is 169 Å². The second kappa shape index (κ2) is 13.3. The van der Waals surface area contributed by atoms with E-state index in [0.29, 0.717) is 43.9 Å². The van der Waals surface area contributed by atoms with Crippen molar-refractivity contribution in [1.82, 2.24) is 0 Å². The monoisotopic (exact) mass is 398 g/mol. The van der Waals surface area contributed by atoms with Gasteiger partial charge in [0, 0.05) is 26.1 Å². The van der Waals surface area contributed by atoms with Crippen LogP contribution in [0, 0.1) is 0 Å². The summed E-state index contributed by atoms with van der Waals surface area (Å²) in [6, 6.07) is 0. The number of rotatable bonds is 17. The summed E-state index contributed by atoms with van der Waals surface area (Å²) in [7, 11) is 1.43. The number of aliphatic hydroxyl groups excluding tert-OH is 1. The van der Waals surface area contributed by atoms with Gasteiger partial charge >= 0.3 is 5.97 Å². The molecule has 6 nitrogen and oxygen atoms in total. The molecule has 5 atom stereocenters. The second-order valence-electron chi connectivity index (χ2n) is 7.75. The number of hydrogen-bond donors (Lipinski definition) is 1. The molecule has 162 valence electrons. The molecule has 28 heavy (non-hydrogen) atoms. The van der Waals surface area contributed by atoms with Crippen LogP contribution in [0.3, 0.4) is 0 Å². The molecular weight excluding hydrogens is 360 g/mol. The zero-order chi connectivity index (χ0) is 20.2. The van der Waals surface area contributed by atoms with Gasteiger partial charge in [-0.25, -0.2) is 0 Å². The van der Waals surface area contributed by atoms with E-state index < -0.39 is 0 Å². The molecule has 0 aromatic rings. The van der Waals surface area contributed by atoms with Crippen LogP contribution in [-0.2, 0) is 23.7 Å². The van der Waals surface area contributed by atoms with E-state index >= 15 is 0 Å². The molecule has 0 spiro atoms. The van der Waals surface area contributed by atoms with Gasteiger partial charge in [0.25, 0.3) is 0 Å². The lowest BCUT2D eigenvalue weighted by Gasteiger charge is -2.14. The van der Waals surface area contributed by atoms with Crippen molar-refractivity contribution in [3.05, 3.63) is 12.2 Å². The lowest BCUT2D eigenvalue weighted by atomic mass is 10.1. The van der Waals surface area contributed by atoms with Crippen molar-refractivity contribution < 1.29 is 28.8 Å². The molecule has 0 aromatic heterocycles. The lowest BCUT2D eigenvalue weighted by molar-refractivity contribution is -0.140. The van der Waals surface area contributed by atoms with Crippen molar-refractivity contribution in [2.45, 2.75) is 102 Å². The number of ether oxygens (including phenoxy) is 4. The Bertz CT molecular complexity index is 466. The van der Waals surface area contributed by atoms with Gasteiger partial charge in [0.15, 0.2) is 0 Å². The molecule has 0 amide bonds. The summed E-state index contributed by atoms with van der Waals surface area (Å²) in [6.07, 6.45) is 15.2. The highest BCUT2D eigenvalue weighted by molar-refractivity contribution is 5.68. The molecule has 2 heterocycles.